The number of rotatable bonds is 2. The van der Waals surface area contributed by atoms with Crippen molar-refractivity contribution in [3.8, 4) is 17.9 Å². The molecule has 4 nitrogen and oxygen atoms in total. The Hall–Kier alpha value is -2.46. The minimum Gasteiger partial charge on any atom is -0.496 e. The number of nitrogens with zero attached hydrogens (tertiary/aromatic N) is 3. The van der Waals surface area contributed by atoms with Gasteiger partial charge < -0.3 is 9.64 Å². The highest BCUT2D eigenvalue weighted by molar-refractivity contribution is 5.73. The van der Waals surface area contributed by atoms with E-state index in [4.69, 9.17) is 15.3 Å². The molecule has 1 aromatic carbocycles. The number of nitriles is 2. The first-order valence-electron chi connectivity index (χ1n) is 7.31. The summed E-state index contributed by atoms with van der Waals surface area (Å²) in [5.41, 5.74) is 3.31. The molecule has 0 aromatic heterocycles. The molecule has 0 N–H and O–H groups in total. The average molecular weight is 295 g/mol. The maximum absolute atomic E-state index is 8.96. The predicted molar refractivity (Wildman–Crippen MR) is 87.7 cm³/mol. The van der Waals surface area contributed by atoms with E-state index in [1.165, 1.54) is 5.56 Å². The number of benzene rings is 1. The van der Waals surface area contributed by atoms with E-state index in [1.807, 2.05) is 24.3 Å². The van der Waals surface area contributed by atoms with Gasteiger partial charge in [-0.1, -0.05) is 6.92 Å². The highest BCUT2D eigenvalue weighted by Gasteiger charge is 2.34. The monoisotopic (exact) mass is 295 g/mol. The summed E-state index contributed by atoms with van der Waals surface area (Å²) in [5, 5.41) is 17.9. The highest BCUT2D eigenvalue weighted by atomic mass is 16.5. The van der Waals surface area contributed by atoms with Crippen LogP contribution in [0.15, 0.2) is 17.7 Å². The summed E-state index contributed by atoms with van der Waals surface area (Å²) in [6.07, 6.45) is 2.64. The fourth-order valence-corrected chi connectivity index (χ4v) is 3.15. The molecule has 0 fully saturated rings. The predicted octanol–water partition coefficient (Wildman–Crippen LogP) is 3.85. The smallest absolute Gasteiger partial charge is 0.130 e. The van der Waals surface area contributed by atoms with Crippen LogP contribution < -0.4 is 9.64 Å². The number of hydrogen-bond acceptors (Lipinski definition) is 4. The van der Waals surface area contributed by atoms with E-state index >= 15 is 0 Å². The Morgan fingerprint density at radius 1 is 1.36 bits per heavy atom. The Kier molecular flexibility index (Phi) is 4.15. The Bertz CT molecular complexity index is 688. The van der Waals surface area contributed by atoms with Crippen molar-refractivity contribution in [2.75, 3.05) is 19.1 Å². The Labute approximate surface area is 132 Å². The second-order valence-electron chi connectivity index (χ2n) is 6.41. The van der Waals surface area contributed by atoms with Crippen molar-refractivity contribution in [3.63, 3.8) is 0 Å². The average Bonchev–Trinajstić information content (AvgIpc) is 2.49. The zero-order valence-electron chi connectivity index (χ0n) is 13.8. The quantitative estimate of drug-likeness (QED) is 0.778. The van der Waals surface area contributed by atoms with Crippen LogP contribution in [-0.2, 0) is 0 Å². The van der Waals surface area contributed by atoms with Crippen molar-refractivity contribution in [2.45, 2.75) is 38.6 Å². The van der Waals surface area contributed by atoms with Crippen LogP contribution in [-0.4, -0.2) is 19.7 Å². The van der Waals surface area contributed by atoms with Gasteiger partial charge in [0.1, 0.15) is 23.5 Å². The van der Waals surface area contributed by atoms with E-state index in [9.17, 15) is 0 Å². The molecule has 1 aliphatic rings. The Morgan fingerprint density at radius 2 is 2.00 bits per heavy atom. The van der Waals surface area contributed by atoms with E-state index in [2.05, 4.69) is 32.7 Å². The maximum Gasteiger partial charge on any atom is 0.130 e. The SMILES string of the molecule is COc1cc2c(cc1C=C(C#N)C#N)C(C)CC(C)(C)N2C. The normalized spacial score (nSPS) is 18.7. The van der Waals surface area contributed by atoms with Crippen LogP contribution in [0.4, 0.5) is 5.69 Å². The van der Waals surface area contributed by atoms with E-state index in [0.29, 0.717) is 11.7 Å². The molecule has 1 aliphatic heterocycles. The lowest BCUT2D eigenvalue weighted by Gasteiger charge is -2.45. The molecule has 1 atom stereocenters. The van der Waals surface area contributed by atoms with Crippen LogP contribution >= 0.6 is 0 Å². The fourth-order valence-electron chi connectivity index (χ4n) is 3.15. The lowest BCUT2D eigenvalue weighted by Crippen LogP contribution is -2.45. The number of methoxy groups -OCH3 is 1. The second kappa shape index (κ2) is 5.73. The summed E-state index contributed by atoms with van der Waals surface area (Å²) in [5.74, 6) is 1.09. The van der Waals surface area contributed by atoms with Crippen LogP contribution in [0.3, 0.4) is 0 Å². The summed E-state index contributed by atoms with van der Waals surface area (Å²) in [6, 6.07) is 7.84. The van der Waals surface area contributed by atoms with E-state index in [0.717, 1.165) is 17.7 Å². The minimum atomic E-state index is 0.0791. The van der Waals surface area contributed by atoms with Crippen LogP contribution in [0, 0.1) is 22.7 Å². The van der Waals surface area contributed by atoms with Gasteiger partial charge >= 0.3 is 0 Å². The molecule has 1 heterocycles. The van der Waals surface area contributed by atoms with Crippen molar-refractivity contribution in [1.82, 2.24) is 0 Å². The lowest BCUT2D eigenvalue weighted by molar-refractivity contribution is 0.389. The van der Waals surface area contributed by atoms with Gasteiger partial charge in [0.05, 0.1) is 7.11 Å². The third-order valence-electron chi connectivity index (χ3n) is 4.53. The number of ether oxygens (including phenoxy) is 1. The first-order chi connectivity index (χ1) is 10.3. The van der Waals surface area contributed by atoms with E-state index < -0.39 is 0 Å². The van der Waals surface area contributed by atoms with Crippen LogP contribution in [0.2, 0.25) is 0 Å². The molecule has 0 saturated carbocycles. The van der Waals surface area contributed by atoms with Gasteiger partial charge in [0, 0.05) is 29.9 Å². The summed E-state index contributed by atoms with van der Waals surface area (Å²) in [6.45, 7) is 6.68. The van der Waals surface area contributed by atoms with E-state index in [-0.39, 0.29) is 11.1 Å². The molecule has 22 heavy (non-hydrogen) atoms. The summed E-state index contributed by atoms with van der Waals surface area (Å²) in [7, 11) is 3.70. The van der Waals surface area contributed by atoms with Crippen molar-refractivity contribution < 1.29 is 4.74 Å². The molecule has 0 bridgehead atoms. The third kappa shape index (κ3) is 2.65. The number of hydrogen-bond donors (Lipinski definition) is 0. The first-order valence-corrected chi connectivity index (χ1v) is 7.31. The Morgan fingerprint density at radius 3 is 2.55 bits per heavy atom. The second-order valence-corrected chi connectivity index (χ2v) is 6.41. The molecule has 0 radical (unpaired) electrons. The van der Waals surface area contributed by atoms with Gasteiger partial charge in [-0.3, -0.25) is 0 Å². The lowest BCUT2D eigenvalue weighted by atomic mass is 9.80. The third-order valence-corrected chi connectivity index (χ3v) is 4.53. The van der Waals surface area contributed by atoms with Gasteiger partial charge in [0.2, 0.25) is 0 Å². The fraction of sp³-hybridized carbons (Fsp3) is 0.444. The van der Waals surface area contributed by atoms with Gasteiger partial charge in [0.15, 0.2) is 0 Å². The van der Waals surface area contributed by atoms with Gasteiger partial charge in [0.25, 0.3) is 0 Å². The minimum absolute atomic E-state index is 0.0791. The van der Waals surface area contributed by atoms with Crippen molar-refractivity contribution >= 4 is 11.8 Å². The molecular formula is C18H21N3O. The van der Waals surface area contributed by atoms with Gasteiger partial charge in [-0.2, -0.15) is 10.5 Å². The first kappa shape index (κ1) is 15.9. The van der Waals surface area contributed by atoms with Gasteiger partial charge in [-0.25, -0.2) is 0 Å². The van der Waals surface area contributed by atoms with E-state index in [1.54, 1.807) is 13.2 Å². The highest BCUT2D eigenvalue weighted by Crippen LogP contribution is 2.45. The van der Waals surface area contributed by atoms with Crippen molar-refractivity contribution in [2.24, 2.45) is 0 Å². The number of anilines is 1. The molecule has 0 amide bonds. The maximum atomic E-state index is 8.96. The molecule has 0 aliphatic carbocycles. The zero-order chi connectivity index (χ0) is 16.5. The summed E-state index contributed by atoms with van der Waals surface area (Å²) in [4.78, 5) is 2.27. The summed E-state index contributed by atoms with van der Waals surface area (Å²) < 4.78 is 5.46. The molecule has 1 aromatic rings. The molecule has 4 heteroatoms. The molecule has 114 valence electrons. The van der Waals surface area contributed by atoms with Crippen molar-refractivity contribution in [3.05, 3.63) is 28.8 Å². The largest absolute Gasteiger partial charge is 0.496 e. The zero-order valence-corrected chi connectivity index (χ0v) is 13.8. The van der Waals surface area contributed by atoms with Crippen molar-refractivity contribution in [1.29, 1.82) is 10.5 Å². The molecule has 0 spiro atoms. The molecule has 1 unspecified atom stereocenters. The molecule has 2 rings (SSSR count). The topological polar surface area (TPSA) is 60.0 Å². The number of fused-ring (bicyclic) bond motifs is 1. The van der Waals surface area contributed by atoms with Gasteiger partial charge in [-0.15, -0.1) is 0 Å². The van der Waals surface area contributed by atoms with Crippen LogP contribution in [0.5, 0.6) is 5.75 Å². The standard InChI is InChI=1S/C18H21N3O/c1-12-9-18(2,3)21(4)16-8-17(22-5)14(7-15(12)16)6-13(10-19)11-20/h6-8,12H,9H2,1-5H3. The summed E-state index contributed by atoms with van der Waals surface area (Å²) >= 11 is 0. The Balaban J connectivity index is 2.64. The molecule has 0 saturated heterocycles. The number of allylic oxidation sites excluding steroid dienone is 1. The molecular weight excluding hydrogens is 274 g/mol. The van der Waals surface area contributed by atoms with Gasteiger partial charge in [-0.05, 0) is 43.9 Å². The van der Waals surface area contributed by atoms with Crippen LogP contribution in [0.1, 0.15) is 44.2 Å². The van der Waals surface area contributed by atoms with Crippen LogP contribution in [0.25, 0.3) is 6.08 Å².